The molecule has 6 heteroatoms. The monoisotopic (exact) mass is 344 g/mol. The summed E-state index contributed by atoms with van der Waals surface area (Å²) in [6, 6.07) is 8.51. The van der Waals surface area contributed by atoms with Crippen molar-refractivity contribution in [3.8, 4) is 11.3 Å². The first-order valence-corrected chi connectivity index (χ1v) is 8.50. The van der Waals surface area contributed by atoms with E-state index in [1.54, 1.807) is 6.20 Å². The van der Waals surface area contributed by atoms with Crippen LogP contribution in [0.2, 0.25) is 0 Å². The molecule has 134 valence electrons. The molecule has 0 aliphatic carbocycles. The molecule has 6 nitrogen and oxygen atoms in total. The molecule has 0 unspecified atom stereocenters. The summed E-state index contributed by atoms with van der Waals surface area (Å²) >= 11 is 0. The number of ether oxygens (including phenoxy) is 2. The first kappa shape index (κ1) is 17.5. The van der Waals surface area contributed by atoms with Gasteiger partial charge in [0.1, 0.15) is 11.7 Å². The molecule has 2 heterocycles. The van der Waals surface area contributed by atoms with E-state index in [2.05, 4.69) is 22.4 Å². The van der Waals surface area contributed by atoms with E-state index in [1.165, 1.54) is 12.0 Å². The number of nitrogens with one attached hydrogen (secondary N) is 1. The molecule has 0 saturated carbocycles. The quantitative estimate of drug-likeness (QED) is 0.855. The van der Waals surface area contributed by atoms with Gasteiger partial charge in [0.2, 0.25) is 0 Å². The third-order valence-electron chi connectivity index (χ3n) is 3.99. The third-order valence-corrected chi connectivity index (χ3v) is 3.99. The third kappa shape index (κ3) is 5.06. The molecular weight excluding hydrogens is 320 g/mol. The first-order valence-electron chi connectivity index (χ1n) is 8.50. The van der Waals surface area contributed by atoms with Crippen molar-refractivity contribution in [3.05, 3.63) is 42.4 Å². The van der Waals surface area contributed by atoms with Crippen LogP contribution in [-0.2, 0) is 15.9 Å². The van der Waals surface area contributed by atoms with Gasteiger partial charge in [-0.15, -0.1) is 0 Å². The number of hydrogen-bond acceptors (Lipinski definition) is 6. The summed E-state index contributed by atoms with van der Waals surface area (Å²) in [5, 5.41) is 3.40. The zero-order valence-electron chi connectivity index (χ0n) is 14.8. The maximum Gasteiger partial charge on any atom is 0.509 e. The Morgan fingerprint density at radius 3 is 2.72 bits per heavy atom. The Labute approximate surface area is 147 Å². The van der Waals surface area contributed by atoms with Crippen molar-refractivity contribution < 1.29 is 18.7 Å². The predicted molar refractivity (Wildman–Crippen MR) is 93.2 cm³/mol. The highest BCUT2D eigenvalue weighted by molar-refractivity contribution is 5.60. The highest BCUT2D eigenvalue weighted by Crippen LogP contribution is 2.21. The minimum atomic E-state index is -0.601. The Hall–Kier alpha value is -2.34. The van der Waals surface area contributed by atoms with Crippen LogP contribution in [0, 0.1) is 0 Å². The summed E-state index contributed by atoms with van der Waals surface area (Å²) in [6.45, 7) is 6.13. The van der Waals surface area contributed by atoms with E-state index in [1.807, 2.05) is 32.9 Å². The second-order valence-corrected chi connectivity index (χ2v) is 7.31. The summed E-state index contributed by atoms with van der Waals surface area (Å²) < 4.78 is 15.9. The average molecular weight is 344 g/mol. The largest absolute Gasteiger partial charge is 0.509 e. The molecule has 1 aromatic heterocycles. The second-order valence-electron chi connectivity index (χ2n) is 7.31. The first-order chi connectivity index (χ1) is 11.9. The molecule has 1 aliphatic rings. The summed E-state index contributed by atoms with van der Waals surface area (Å²) in [7, 11) is 0. The number of carbonyl (C=O) groups is 1. The molecule has 1 fully saturated rings. The SMILES string of the molecule is CC(C)(C)OC(=O)O[C@H]1CN[C@H](Cc2ccc(-c3cnco3)cc2)C1. The van der Waals surface area contributed by atoms with Crippen LogP contribution >= 0.6 is 0 Å². The lowest BCUT2D eigenvalue weighted by Crippen LogP contribution is -2.28. The number of benzene rings is 1. The molecule has 0 radical (unpaired) electrons. The predicted octanol–water partition coefficient (Wildman–Crippen LogP) is 3.57. The van der Waals surface area contributed by atoms with E-state index in [4.69, 9.17) is 13.9 Å². The Morgan fingerprint density at radius 2 is 2.08 bits per heavy atom. The molecule has 1 saturated heterocycles. The molecule has 2 atom stereocenters. The van der Waals surface area contributed by atoms with E-state index >= 15 is 0 Å². The van der Waals surface area contributed by atoms with E-state index in [-0.39, 0.29) is 12.1 Å². The lowest BCUT2D eigenvalue weighted by atomic mass is 10.0. The summed E-state index contributed by atoms with van der Waals surface area (Å²) in [4.78, 5) is 15.7. The number of rotatable bonds is 4. The van der Waals surface area contributed by atoms with Gasteiger partial charge in [0, 0.05) is 24.6 Å². The van der Waals surface area contributed by atoms with Crippen molar-refractivity contribution in [1.29, 1.82) is 0 Å². The number of carbonyl (C=O) groups excluding carboxylic acids is 1. The molecule has 0 spiro atoms. The summed E-state index contributed by atoms with van der Waals surface area (Å²) in [6.07, 6.45) is 4.04. The van der Waals surface area contributed by atoms with Gasteiger partial charge in [0.25, 0.3) is 0 Å². The van der Waals surface area contributed by atoms with Crippen LogP contribution < -0.4 is 5.32 Å². The van der Waals surface area contributed by atoms with E-state index in [9.17, 15) is 4.79 Å². The van der Waals surface area contributed by atoms with Gasteiger partial charge in [-0.25, -0.2) is 9.78 Å². The van der Waals surface area contributed by atoms with E-state index in [0.29, 0.717) is 6.54 Å². The number of aromatic nitrogens is 1. The zero-order chi connectivity index (χ0) is 17.9. The van der Waals surface area contributed by atoms with Crippen LogP contribution in [0.1, 0.15) is 32.8 Å². The standard InChI is InChI=1S/C19H24N2O4/c1-19(2,3)25-18(22)24-16-9-15(21-10-16)8-13-4-6-14(7-5-13)17-11-20-12-23-17/h4-7,11-12,15-16,21H,8-10H2,1-3H3/t15-,16-/m1/s1. The number of hydrogen-bond donors (Lipinski definition) is 1. The summed E-state index contributed by atoms with van der Waals surface area (Å²) in [5.74, 6) is 0.761. The fraction of sp³-hybridized carbons (Fsp3) is 0.474. The summed E-state index contributed by atoms with van der Waals surface area (Å²) in [5.41, 5.74) is 1.69. The highest BCUT2D eigenvalue weighted by Gasteiger charge is 2.29. The normalized spacial score (nSPS) is 20.4. The molecule has 0 bridgehead atoms. The van der Waals surface area contributed by atoms with E-state index in [0.717, 1.165) is 24.2 Å². The van der Waals surface area contributed by atoms with Gasteiger partial charge in [-0.2, -0.15) is 0 Å². The van der Waals surface area contributed by atoms with Crippen LogP contribution in [0.25, 0.3) is 11.3 Å². The Kier molecular flexibility index (Phi) is 5.08. The van der Waals surface area contributed by atoms with Crippen LogP contribution in [0.5, 0.6) is 0 Å². The van der Waals surface area contributed by atoms with Crippen LogP contribution in [-0.4, -0.2) is 35.4 Å². The Morgan fingerprint density at radius 1 is 1.32 bits per heavy atom. The number of oxazole rings is 1. The van der Waals surface area contributed by atoms with Crippen molar-refractivity contribution in [2.24, 2.45) is 0 Å². The van der Waals surface area contributed by atoms with Gasteiger partial charge in [-0.1, -0.05) is 24.3 Å². The Bertz CT molecular complexity index is 689. The lowest BCUT2D eigenvalue weighted by molar-refractivity contribution is -0.0232. The Balaban J connectivity index is 1.49. The number of nitrogens with zero attached hydrogens (tertiary/aromatic N) is 1. The van der Waals surface area contributed by atoms with Crippen LogP contribution in [0.4, 0.5) is 4.79 Å². The molecule has 1 N–H and O–H groups in total. The highest BCUT2D eigenvalue weighted by atomic mass is 16.7. The molecule has 3 rings (SSSR count). The molecule has 0 amide bonds. The molecule has 1 aliphatic heterocycles. The minimum Gasteiger partial charge on any atom is -0.444 e. The van der Waals surface area contributed by atoms with Gasteiger partial charge in [-0.3, -0.25) is 0 Å². The minimum absolute atomic E-state index is 0.145. The fourth-order valence-electron chi connectivity index (χ4n) is 2.89. The van der Waals surface area contributed by atoms with Gasteiger partial charge in [-0.05, 0) is 32.8 Å². The van der Waals surface area contributed by atoms with Gasteiger partial charge in [0.05, 0.1) is 6.20 Å². The molecule has 2 aromatic rings. The fourth-order valence-corrected chi connectivity index (χ4v) is 2.89. The molecule has 1 aromatic carbocycles. The molecular formula is C19H24N2O4. The lowest BCUT2D eigenvalue weighted by Gasteiger charge is -2.20. The van der Waals surface area contributed by atoms with Crippen molar-refractivity contribution >= 4 is 6.16 Å². The van der Waals surface area contributed by atoms with Crippen molar-refractivity contribution in [3.63, 3.8) is 0 Å². The maximum atomic E-state index is 11.7. The van der Waals surface area contributed by atoms with E-state index < -0.39 is 11.8 Å². The van der Waals surface area contributed by atoms with Crippen molar-refractivity contribution in [1.82, 2.24) is 10.3 Å². The second kappa shape index (κ2) is 7.27. The van der Waals surface area contributed by atoms with Gasteiger partial charge < -0.3 is 19.2 Å². The maximum absolute atomic E-state index is 11.7. The average Bonchev–Trinajstić information content (AvgIpc) is 3.18. The zero-order valence-corrected chi connectivity index (χ0v) is 14.8. The van der Waals surface area contributed by atoms with Crippen LogP contribution in [0.15, 0.2) is 41.3 Å². The van der Waals surface area contributed by atoms with Gasteiger partial charge >= 0.3 is 6.16 Å². The topological polar surface area (TPSA) is 73.6 Å². The van der Waals surface area contributed by atoms with Crippen molar-refractivity contribution in [2.45, 2.75) is 51.4 Å². The van der Waals surface area contributed by atoms with Crippen LogP contribution in [0.3, 0.4) is 0 Å². The smallest absolute Gasteiger partial charge is 0.444 e. The molecule has 25 heavy (non-hydrogen) atoms. The van der Waals surface area contributed by atoms with Gasteiger partial charge in [0.15, 0.2) is 12.2 Å². The van der Waals surface area contributed by atoms with Crippen molar-refractivity contribution in [2.75, 3.05) is 6.54 Å².